The molecule has 0 saturated carbocycles. The van der Waals surface area contributed by atoms with Crippen molar-refractivity contribution in [2.75, 3.05) is 16.4 Å². The molecule has 0 aliphatic heterocycles. The van der Waals surface area contributed by atoms with Crippen molar-refractivity contribution in [2.24, 2.45) is 0 Å². The number of rotatable bonds is 2. The minimum atomic E-state index is -0.427. The normalized spacial score (nSPS) is 10.0. The van der Waals surface area contributed by atoms with E-state index in [-0.39, 0.29) is 10.3 Å². The van der Waals surface area contributed by atoms with Gasteiger partial charge in [0, 0.05) is 17.1 Å². The lowest BCUT2D eigenvalue weighted by molar-refractivity contribution is 0.262. The van der Waals surface area contributed by atoms with Gasteiger partial charge >= 0.3 is 6.03 Å². The first-order valence-electron chi connectivity index (χ1n) is 5.43. The molecule has 0 atom stereocenters. The van der Waals surface area contributed by atoms with Crippen LogP contribution in [-0.2, 0) is 0 Å². The number of halogens is 2. The van der Waals surface area contributed by atoms with Crippen LogP contribution in [0.4, 0.5) is 26.2 Å². The highest BCUT2D eigenvalue weighted by molar-refractivity contribution is 9.10. The number of urea groups is 1. The molecule has 0 spiro atoms. The number of anilines is 3. The lowest BCUT2D eigenvalue weighted by Gasteiger charge is -2.08. The summed E-state index contributed by atoms with van der Waals surface area (Å²) in [6.45, 7) is 0. The number of carbonyl (C=O) groups is 1. The van der Waals surface area contributed by atoms with Crippen LogP contribution in [0.25, 0.3) is 0 Å². The minimum Gasteiger partial charge on any atom is -0.399 e. The van der Waals surface area contributed by atoms with Gasteiger partial charge in [-0.1, -0.05) is 6.07 Å². The van der Waals surface area contributed by atoms with Crippen LogP contribution in [0.2, 0.25) is 0 Å². The molecule has 0 aliphatic carbocycles. The lowest BCUT2D eigenvalue weighted by Crippen LogP contribution is -2.19. The summed E-state index contributed by atoms with van der Waals surface area (Å²) in [5.41, 5.74) is 7.22. The zero-order valence-corrected chi connectivity index (χ0v) is 11.4. The maximum Gasteiger partial charge on any atom is 0.323 e. The Morgan fingerprint density at radius 2 is 1.79 bits per heavy atom. The standard InChI is InChI=1S/C13H11BrFN3O/c14-11-7-10(4-5-12(11)15)18-13(19)17-9-3-1-2-8(16)6-9/h1-7H,16H2,(H2,17,18,19). The maximum atomic E-state index is 13.0. The van der Waals surface area contributed by atoms with Crippen molar-refractivity contribution in [1.82, 2.24) is 0 Å². The van der Waals surface area contributed by atoms with Gasteiger partial charge in [0.05, 0.1) is 4.47 Å². The molecule has 6 heteroatoms. The second-order valence-electron chi connectivity index (χ2n) is 3.83. The first-order chi connectivity index (χ1) is 9.04. The highest BCUT2D eigenvalue weighted by atomic mass is 79.9. The van der Waals surface area contributed by atoms with Crippen LogP contribution in [0.5, 0.6) is 0 Å². The highest BCUT2D eigenvalue weighted by Crippen LogP contribution is 2.20. The second kappa shape index (κ2) is 5.71. The van der Waals surface area contributed by atoms with E-state index in [1.54, 1.807) is 24.3 Å². The molecule has 0 aliphatic rings. The average molecular weight is 324 g/mol. The first-order valence-corrected chi connectivity index (χ1v) is 6.22. The van der Waals surface area contributed by atoms with E-state index in [0.717, 1.165) is 0 Å². The fraction of sp³-hybridized carbons (Fsp3) is 0. The zero-order valence-electron chi connectivity index (χ0n) is 9.78. The van der Waals surface area contributed by atoms with E-state index in [0.29, 0.717) is 17.1 Å². The Labute approximate surface area is 117 Å². The number of hydrogen-bond acceptors (Lipinski definition) is 2. The molecule has 0 heterocycles. The Balaban J connectivity index is 2.03. The molecule has 98 valence electrons. The van der Waals surface area contributed by atoms with Gasteiger partial charge in [-0.3, -0.25) is 0 Å². The summed E-state index contributed by atoms with van der Waals surface area (Å²) in [4.78, 5) is 11.7. The Morgan fingerprint density at radius 3 is 2.42 bits per heavy atom. The van der Waals surface area contributed by atoms with E-state index in [2.05, 4.69) is 26.6 Å². The fourth-order valence-electron chi connectivity index (χ4n) is 1.48. The Kier molecular flexibility index (Phi) is 4.01. The van der Waals surface area contributed by atoms with Crippen LogP contribution in [0.3, 0.4) is 0 Å². The summed E-state index contributed by atoms with van der Waals surface area (Å²) < 4.78 is 13.3. The van der Waals surface area contributed by atoms with Crippen molar-refractivity contribution < 1.29 is 9.18 Å². The van der Waals surface area contributed by atoms with Crippen LogP contribution in [0.1, 0.15) is 0 Å². The third kappa shape index (κ3) is 3.69. The molecule has 2 aromatic rings. The minimum absolute atomic E-state index is 0.286. The molecule has 0 saturated heterocycles. The Bertz CT molecular complexity index is 619. The maximum absolute atomic E-state index is 13.0. The van der Waals surface area contributed by atoms with Crippen molar-refractivity contribution in [2.45, 2.75) is 0 Å². The van der Waals surface area contributed by atoms with Crippen LogP contribution in [0, 0.1) is 5.82 Å². The average Bonchev–Trinajstić information content (AvgIpc) is 2.34. The molecule has 4 nitrogen and oxygen atoms in total. The van der Waals surface area contributed by atoms with Crippen molar-refractivity contribution in [3.63, 3.8) is 0 Å². The molecule has 2 amide bonds. The van der Waals surface area contributed by atoms with Crippen LogP contribution >= 0.6 is 15.9 Å². The number of carbonyl (C=O) groups excluding carboxylic acids is 1. The van der Waals surface area contributed by atoms with Gasteiger partial charge in [0.1, 0.15) is 5.82 Å². The predicted octanol–water partition coefficient (Wildman–Crippen LogP) is 3.81. The summed E-state index contributed by atoms with van der Waals surface area (Å²) in [6, 6.07) is 10.6. The molecule has 0 aromatic heterocycles. The van der Waals surface area contributed by atoms with Crippen molar-refractivity contribution >= 4 is 39.0 Å². The summed E-state index contributed by atoms with van der Waals surface area (Å²) in [7, 11) is 0. The zero-order chi connectivity index (χ0) is 13.8. The van der Waals surface area contributed by atoms with Crippen molar-refractivity contribution in [1.29, 1.82) is 0 Å². The van der Waals surface area contributed by atoms with Crippen LogP contribution < -0.4 is 16.4 Å². The van der Waals surface area contributed by atoms with Crippen LogP contribution in [0.15, 0.2) is 46.9 Å². The SMILES string of the molecule is Nc1cccc(NC(=O)Nc2ccc(F)c(Br)c2)c1. The molecular formula is C13H11BrFN3O. The van der Waals surface area contributed by atoms with Crippen molar-refractivity contribution in [3.05, 3.63) is 52.8 Å². The van der Waals surface area contributed by atoms with E-state index < -0.39 is 6.03 Å². The summed E-state index contributed by atoms with van der Waals surface area (Å²) in [5.74, 6) is -0.387. The molecule has 19 heavy (non-hydrogen) atoms. The number of nitrogens with one attached hydrogen (secondary N) is 2. The summed E-state index contributed by atoms with van der Waals surface area (Å²) >= 11 is 3.05. The molecule has 0 bridgehead atoms. The number of hydrogen-bond donors (Lipinski definition) is 3. The Morgan fingerprint density at radius 1 is 1.11 bits per heavy atom. The fourth-order valence-corrected chi connectivity index (χ4v) is 1.86. The third-order valence-electron chi connectivity index (χ3n) is 2.32. The lowest BCUT2D eigenvalue weighted by atomic mass is 10.3. The van der Waals surface area contributed by atoms with Gasteiger partial charge in [0.15, 0.2) is 0 Å². The number of nitrogens with two attached hydrogens (primary N) is 1. The van der Waals surface area contributed by atoms with E-state index in [1.165, 1.54) is 18.2 Å². The molecule has 2 rings (SSSR count). The molecule has 0 unspecified atom stereocenters. The van der Waals surface area contributed by atoms with E-state index >= 15 is 0 Å². The van der Waals surface area contributed by atoms with E-state index in [4.69, 9.17) is 5.73 Å². The second-order valence-corrected chi connectivity index (χ2v) is 4.69. The van der Waals surface area contributed by atoms with Gasteiger partial charge < -0.3 is 16.4 Å². The molecular weight excluding hydrogens is 313 g/mol. The number of benzene rings is 2. The number of amides is 2. The topological polar surface area (TPSA) is 67.1 Å². The summed E-state index contributed by atoms with van der Waals surface area (Å²) in [6.07, 6.45) is 0. The molecule has 2 aromatic carbocycles. The highest BCUT2D eigenvalue weighted by Gasteiger charge is 2.05. The van der Waals surface area contributed by atoms with E-state index in [1.807, 2.05) is 0 Å². The van der Waals surface area contributed by atoms with Crippen LogP contribution in [-0.4, -0.2) is 6.03 Å². The van der Waals surface area contributed by atoms with Gasteiger partial charge in [-0.25, -0.2) is 9.18 Å². The van der Waals surface area contributed by atoms with Gasteiger partial charge in [-0.15, -0.1) is 0 Å². The molecule has 4 N–H and O–H groups in total. The molecule has 0 radical (unpaired) electrons. The third-order valence-corrected chi connectivity index (χ3v) is 2.93. The molecule has 0 fully saturated rings. The Hall–Kier alpha value is -2.08. The van der Waals surface area contributed by atoms with E-state index in [9.17, 15) is 9.18 Å². The summed E-state index contributed by atoms with van der Waals surface area (Å²) in [5, 5.41) is 5.22. The largest absolute Gasteiger partial charge is 0.399 e. The predicted molar refractivity (Wildman–Crippen MR) is 77.6 cm³/mol. The van der Waals surface area contributed by atoms with Gasteiger partial charge in [-0.2, -0.15) is 0 Å². The van der Waals surface area contributed by atoms with Gasteiger partial charge in [0.25, 0.3) is 0 Å². The van der Waals surface area contributed by atoms with Crippen molar-refractivity contribution in [3.8, 4) is 0 Å². The smallest absolute Gasteiger partial charge is 0.323 e. The van der Waals surface area contributed by atoms with Gasteiger partial charge in [0.2, 0.25) is 0 Å². The number of nitrogen functional groups attached to an aromatic ring is 1. The quantitative estimate of drug-likeness (QED) is 0.735. The monoisotopic (exact) mass is 323 g/mol. The first kappa shape index (κ1) is 13.4. The van der Waals surface area contributed by atoms with Gasteiger partial charge in [-0.05, 0) is 52.3 Å².